The second kappa shape index (κ2) is 12.6. The van der Waals surface area contributed by atoms with Crippen molar-refractivity contribution in [1.82, 2.24) is 13.5 Å². The van der Waals surface area contributed by atoms with Crippen molar-refractivity contribution in [3.05, 3.63) is 198 Å². The van der Waals surface area contributed by atoms with E-state index in [9.17, 15) is 4.79 Å². The fourth-order valence-corrected chi connectivity index (χ4v) is 11.5. The van der Waals surface area contributed by atoms with E-state index in [0.29, 0.717) is 5.39 Å². The van der Waals surface area contributed by atoms with Crippen LogP contribution in [-0.4, -0.2) is 13.5 Å². The van der Waals surface area contributed by atoms with Crippen LogP contribution in [0.4, 0.5) is 0 Å². The maximum Gasteiger partial charge on any atom is 0.263 e. The van der Waals surface area contributed by atoms with E-state index >= 15 is 0 Å². The topological polar surface area (TPSA) is 31.3 Å². The Balaban J connectivity index is 1.06. The lowest BCUT2D eigenvalue weighted by atomic mass is 9.96. The van der Waals surface area contributed by atoms with Gasteiger partial charge in [0.15, 0.2) is 0 Å². The molecule has 0 saturated carbocycles. The molecule has 4 nitrogen and oxygen atoms in total. The van der Waals surface area contributed by atoms with Crippen LogP contribution in [0, 0.1) is 0 Å². The number of allylic oxidation sites excluding steroid dienone is 1. The molecule has 5 aromatic heterocycles. The van der Waals surface area contributed by atoms with Crippen molar-refractivity contribution in [2.75, 3.05) is 0 Å². The van der Waals surface area contributed by atoms with E-state index in [1.807, 2.05) is 59.1 Å². The highest BCUT2D eigenvalue weighted by atomic mass is 32.1. The third-order valence-corrected chi connectivity index (χ3v) is 14.0. The zero-order chi connectivity index (χ0) is 40.5. The molecule has 61 heavy (non-hydrogen) atoms. The Hall–Kier alpha value is -7.73. The van der Waals surface area contributed by atoms with Gasteiger partial charge in [-0.25, -0.2) is 0 Å². The number of hydrogen-bond acceptors (Lipinski definition) is 2. The largest absolute Gasteiger partial charge is 0.309 e. The Morgan fingerprint density at radius 3 is 1.93 bits per heavy atom. The summed E-state index contributed by atoms with van der Waals surface area (Å²) in [6.45, 7) is 6.20. The third-order valence-electron chi connectivity index (χ3n) is 12.8. The molecular formula is C56H35N3OS. The summed E-state index contributed by atoms with van der Waals surface area (Å²) in [4.78, 5) is 14.0. The van der Waals surface area contributed by atoms with Crippen molar-refractivity contribution in [2.24, 2.45) is 0 Å². The second-order valence-electron chi connectivity index (χ2n) is 16.0. The summed E-state index contributed by atoms with van der Waals surface area (Å²) in [5.41, 5.74) is 12.1. The molecule has 0 spiro atoms. The second-order valence-corrected chi connectivity index (χ2v) is 17.1. The first-order valence-electron chi connectivity index (χ1n) is 20.7. The first kappa shape index (κ1) is 34.2. The molecule has 5 heteroatoms. The number of hydrogen-bond donors (Lipinski definition) is 0. The molecule has 0 unspecified atom stereocenters. The van der Waals surface area contributed by atoms with Crippen LogP contribution < -0.4 is 5.56 Å². The fourth-order valence-electron chi connectivity index (χ4n) is 10.3. The van der Waals surface area contributed by atoms with Crippen molar-refractivity contribution in [3.8, 4) is 22.5 Å². The Labute approximate surface area is 353 Å². The standard InChI is InChI=1S/C56H35N3OS/c1-3-15-46-36(4-2)44-28-34(29-45-37-18-8-9-21-40(37)56(60)59(46)55(44)45)33-26-27-41-53(30-33)61-52-25-14-24-49(54(41)52)58-48-23-13-11-20-39(48)43-31-42-38-19-10-12-22-47(38)57(50(42)32-51(43)58)35-16-6-5-7-17-35/h3-32H,2H2,1H3/b15-3-. The molecule has 5 heterocycles. The lowest BCUT2D eigenvalue weighted by molar-refractivity contribution is 1.13. The molecule has 0 aliphatic rings. The molecular weight excluding hydrogens is 763 g/mol. The molecule has 0 amide bonds. The SMILES string of the molecule is C=Cc1c(/C=C\C)n2c(=O)c3ccccc3c3cc(-c4ccc5c(c4)sc4cccc(-n6c7ccccc7c7cc8c9ccccc9n(-c9ccccc9)c8cc76)c45)cc1c32. The van der Waals surface area contributed by atoms with E-state index in [-0.39, 0.29) is 5.56 Å². The number of nitrogens with zero attached hydrogens (tertiary/aromatic N) is 3. The fraction of sp³-hybridized carbons (Fsp3) is 0.0179. The van der Waals surface area contributed by atoms with Gasteiger partial charge in [-0.15, -0.1) is 11.3 Å². The average Bonchev–Trinajstić information content (AvgIpc) is 4.03. The van der Waals surface area contributed by atoms with E-state index in [1.54, 1.807) is 0 Å². The molecule has 0 aliphatic heterocycles. The monoisotopic (exact) mass is 797 g/mol. The van der Waals surface area contributed by atoms with Gasteiger partial charge in [0.2, 0.25) is 0 Å². The minimum absolute atomic E-state index is 0.00389. The summed E-state index contributed by atoms with van der Waals surface area (Å²) < 4.78 is 9.25. The third kappa shape index (κ3) is 4.61. The van der Waals surface area contributed by atoms with Crippen molar-refractivity contribution in [2.45, 2.75) is 6.92 Å². The van der Waals surface area contributed by atoms with Crippen LogP contribution in [0.15, 0.2) is 181 Å². The Morgan fingerprint density at radius 1 is 0.508 bits per heavy atom. The summed E-state index contributed by atoms with van der Waals surface area (Å²) in [6.07, 6.45) is 5.91. The molecule has 13 rings (SSSR count). The molecule has 8 aromatic carbocycles. The Kier molecular flexibility index (Phi) is 7.08. The van der Waals surface area contributed by atoms with Crippen LogP contribution in [0.3, 0.4) is 0 Å². The summed E-state index contributed by atoms with van der Waals surface area (Å²) in [7, 11) is 0. The maximum atomic E-state index is 14.0. The van der Waals surface area contributed by atoms with Gasteiger partial charge in [-0.05, 0) is 102 Å². The minimum Gasteiger partial charge on any atom is -0.309 e. The number of benzene rings is 8. The van der Waals surface area contributed by atoms with Crippen LogP contribution >= 0.6 is 11.3 Å². The zero-order valence-electron chi connectivity index (χ0n) is 33.2. The van der Waals surface area contributed by atoms with E-state index in [2.05, 4.69) is 161 Å². The van der Waals surface area contributed by atoms with Gasteiger partial charge < -0.3 is 9.13 Å². The zero-order valence-corrected chi connectivity index (χ0v) is 34.0. The van der Waals surface area contributed by atoms with Crippen LogP contribution in [0.5, 0.6) is 0 Å². The number of pyridine rings is 1. The highest BCUT2D eigenvalue weighted by molar-refractivity contribution is 7.26. The molecule has 0 N–H and O–H groups in total. The highest BCUT2D eigenvalue weighted by Crippen LogP contribution is 2.45. The predicted molar refractivity (Wildman–Crippen MR) is 262 cm³/mol. The van der Waals surface area contributed by atoms with Crippen molar-refractivity contribution in [3.63, 3.8) is 0 Å². The van der Waals surface area contributed by atoms with Gasteiger partial charge in [0.1, 0.15) is 0 Å². The van der Waals surface area contributed by atoms with Gasteiger partial charge in [-0.3, -0.25) is 9.20 Å². The van der Waals surface area contributed by atoms with Crippen molar-refractivity contribution >= 4 is 114 Å². The minimum atomic E-state index is -0.00389. The summed E-state index contributed by atoms with van der Waals surface area (Å²) >= 11 is 1.84. The van der Waals surface area contributed by atoms with E-state index in [1.165, 1.54) is 69.5 Å². The van der Waals surface area contributed by atoms with Crippen molar-refractivity contribution in [1.29, 1.82) is 0 Å². The van der Waals surface area contributed by atoms with Crippen LogP contribution in [0.2, 0.25) is 0 Å². The number of para-hydroxylation sites is 3. The molecule has 286 valence electrons. The van der Waals surface area contributed by atoms with Crippen LogP contribution in [0.25, 0.3) is 125 Å². The number of rotatable bonds is 5. The van der Waals surface area contributed by atoms with E-state index in [4.69, 9.17) is 0 Å². The summed E-state index contributed by atoms with van der Waals surface area (Å²) in [5, 5.41) is 11.2. The number of fused-ring (bicyclic) bond motifs is 11. The summed E-state index contributed by atoms with van der Waals surface area (Å²) in [5.74, 6) is 0. The van der Waals surface area contributed by atoms with Crippen LogP contribution in [-0.2, 0) is 0 Å². The normalized spacial score (nSPS) is 12.4. The maximum absolute atomic E-state index is 14.0. The smallest absolute Gasteiger partial charge is 0.263 e. The highest BCUT2D eigenvalue weighted by Gasteiger charge is 2.23. The molecule has 0 atom stereocenters. The number of thiophene rings is 1. The van der Waals surface area contributed by atoms with E-state index < -0.39 is 0 Å². The Morgan fingerprint density at radius 2 is 1.18 bits per heavy atom. The lowest BCUT2D eigenvalue weighted by Crippen LogP contribution is -2.14. The van der Waals surface area contributed by atoms with Gasteiger partial charge in [-0.2, -0.15) is 0 Å². The molecule has 0 radical (unpaired) electrons. The lowest BCUT2D eigenvalue weighted by Gasteiger charge is -2.12. The van der Waals surface area contributed by atoms with Gasteiger partial charge in [0.05, 0.1) is 39.0 Å². The quantitative estimate of drug-likeness (QED) is 0.160. The van der Waals surface area contributed by atoms with Crippen LogP contribution in [0.1, 0.15) is 18.2 Å². The Bertz CT molecular complexity index is 4100. The van der Waals surface area contributed by atoms with E-state index in [0.717, 1.165) is 49.7 Å². The molecule has 0 fully saturated rings. The molecule has 13 aromatic rings. The number of aromatic nitrogens is 3. The van der Waals surface area contributed by atoms with Gasteiger partial charge in [-0.1, -0.05) is 110 Å². The average molecular weight is 798 g/mol. The molecule has 0 bridgehead atoms. The van der Waals surface area contributed by atoms with Gasteiger partial charge in [0, 0.05) is 69.1 Å². The summed E-state index contributed by atoms with van der Waals surface area (Å²) in [6, 6.07) is 59.3. The van der Waals surface area contributed by atoms with Gasteiger partial charge in [0.25, 0.3) is 5.56 Å². The first-order chi connectivity index (χ1) is 30.1. The molecule has 0 aliphatic carbocycles. The molecule has 0 saturated heterocycles. The first-order valence-corrected chi connectivity index (χ1v) is 21.5. The van der Waals surface area contributed by atoms with Crippen molar-refractivity contribution < 1.29 is 0 Å². The predicted octanol–water partition coefficient (Wildman–Crippen LogP) is 14.9. The van der Waals surface area contributed by atoms with Gasteiger partial charge >= 0.3 is 0 Å².